The molecule has 0 nitrogen and oxygen atoms in total. The Balaban J connectivity index is 1.91. The number of halogens is 2. The van der Waals surface area contributed by atoms with Crippen LogP contribution < -0.4 is 0 Å². The van der Waals surface area contributed by atoms with E-state index in [1.165, 1.54) is 91.1 Å². The van der Waals surface area contributed by atoms with Crippen LogP contribution in [0.1, 0.15) is 92.3 Å². The van der Waals surface area contributed by atoms with Crippen LogP contribution in [0.3, 0.4) is 0 Å². The minimum absolute atomic E-state index is 0.168. The molecule has 0 saturated carbocycles. The van der Waals surface area contributed by atoms with Crippen molar-refractivity contribution < 1.29 is 0 Å². The number of rotatable bonds is 8. The summed E-state index contributed by atoms with van der Waals surface area (Å²) in [6.07, 6.45) is 8.45. The first kappa shape index (κ1) is 24.7. The zero-order valence-electron chi connectivity index (χ0n) is 20.7. The van der Waals surface area contributed by atoms with Gasteiger partial charge in [0.2, 0.25) is 0 Å². The van der Waals surface area contributed by atoms with Crippen molar-refractivity contribution in [1.82, 2.24) is 0 Å². The summed E-state index contributed by atoms with van der Waals surface area (Å²) < 4.78 is 2.45. The molecule has 0 atom stereocenters. The number of fused-ring (bicyclic) bond motifs is 3. The molecule has 1 aliphatic rings. The van der Waals surface area contributed by atoms with E-state index in [4.69, 9.17) is 0 Å². The predicted octanol–water partition coefficient (Wildman–Crippen LogP) is 10.1. The van der Waals surface area contributed by atoms with Crippen molar-refractivity contribution in [2.45, 2.75) is 85.0 Å². The van der Waals surface area contributed by atoms with E-state index < -0.39 is 0 Å². The van der Waals surface area contributed by atoms with Crippen molar-refractivity contribution in [2.75, 3.05) is 0 Å². The Morgan fingerprint density at radius 1 is 0.697 bits per heavy atom. The molecule has 0 unspecified atom stereocenters. The number of benzene rings is 3. The van der Waals surface area contributed by atoms with E-state index in [1.807, 2.05) is 0 Å². The maximum Gasteiger partial charge on any atom is 0.0436 e. The Labute approximate surface area is 217 Å². The summed E-state index contributed by atoms with van der Waals surface area (Å²) in [4.78, 5) is 0. The summed E-state index contributed by atoms with van der Waals surface area (Å²) in [5.74, 6) is 0. The number of hydrogen-bond donors (Lipinski definition) is 0. The standard InChI is InChI=1S/C31H36Br2/c1-6-9-10-11-12-21-13-20(4)14-24(15-21)31(5)27-18-29(32)22(7-2)16-25(27)26-17-23(8-3)30(33)19-28(26)31/h13-19H,6-12H2,1-5H3. The maximum absolute atomic E-state index is 3.89. The van der Waals surface area contributed by atoms with Gasteiger partial charge in [0, 0.05) is 14.4 Å². The van der Waals surface area contributed by atoms with Gasteiger partial charge in [-0.1, -0.05) is 95.7 Å². The molecule has 1 aliphatic carbocycles. The molecule has 3 aromatic carbocycles. The molecule has 33 heavy (non-hydrogen) atoms. The van der Waals surface area contributed by atoms with Gasteiger partial charge < -0.3 is 0 Å². The molecule has 0 aliphatic heterocycles. The Morgan fingerprint density at radius 2 is 1.27 bits per heavy atom. The zero-order chi connectivity index (χ0) is 23.8. The molecule has 174 valence electrons. The van der Waals surface area contributed by atoms with Crippen LogP contribution in [0.5, 0.6) is 0 Å². The molecule has 0 saturated heterocycles. The van der Waals surface area contributed by atoms with Crippen LogP contribution in [0, 0.1) is 6.92 Å². The third-order valence-electron chi connectivity index (χ3n) is 7.54. The van der Waals surface area contributed by atoms with Gasteiger partial charge in [0.25, 0.3) is 0 Å². The highest BCUT2D eigenvalue weighted by molar-refractivity contribution is 9.10. The quantitative estimate of drug-likeness (QED) is 0.237. The van der Waals surface area contributed by atoms with Gasteiger partial charge in [-0.2, -0.15) is 0 Å². The number of hydrogen-bond acceptors (Lipinski definition) is 0. The second-order valence-electron chi connectivity index (χ2n) is 9.83. The maximum atomic E-state index is 3.89. The fraction of sp³-hybridized carbons (Fsp3) is 0.419. The van der Waals surface area contributed by atoms with Crippen LogP contribution in [-0.2, 0) is 24.7 Å². The molecule has 0 bridgehead atoms. The van der Waals surface area contributed by atoms with Gasteiger partial charge in [0.1, 0.15) is 0 Å². The molecule has 2 heteroatoms. The Bertz CT molecular complexity index is 1110. The molecular formula is C31H36Br2. The van der Waals surface area contributed by atoms with Gasteiger partial charge in [-0.15, -0.1) is 0 Å². The lowest BCUT2D eigenvalue weighted by Gasteiger charge is -2.30. The molecule has 0 radical (unpaired) electrons. The molecule has 0 amide bonds. The van der Waals surface area contributed by atoms with Crippen molar-refractivity contribution >= 4 is 31.9 Å². The third-order valence-corrected chi connectivity index (χ3v) is 9.01. The summed E-state index contributed by atoms with van der Waals surface area (Å²) >= 11 is 7.78. The first-order valence-electron chi connectivity index (χ1n) is 12.6. The highest BCUT2D eigenvalue weighted by atomic mass is 79.9. The van der Waals surface area contributed by atoms with Crippen molar-refractivity contribution in [3.05, 3.63) is 90.4 Å². The summed E-state index contributed by atoms with van der Waals surface area (Å²) in [5, 5.41) is 0. The molecule has 4 rings (SSSR count). The molecule has 0 aromatic heterocycles. The summed E-state index contributed by atoms with van der Waals surface area (Å²) in [7, 11) is 0. The first-order chi connectivity index (χ1) is 15.8. The largest absolute Gasteiger partial charge is 0.0654 e. The normalized spacial score (nSPS) is 13.8. The van der Waals surface area contributed by atoms with Gasteiger partial charge in [0.15, 0.2) is 0 Å². The SMILES string of the molecule is CCCCCCc1cc(C)cc(C2(C)c3cc(Br)c(CC)cc3-c3cc(CC)c(Br)cc32)c1. The summed E-state index contributed by atoms with van der Waals surface area (Å²) in [5.41, 5.74) is 12.5. The van der Waals surface area contributed by atoms with Crippen LogP contribution in [0.25, 0.3) is 11.1 Å². The fourth-order valence-electron chi connectivity index (χ4n) is 5.56. The lowest BCUT2D eigenvalue weighted by Crippen LogP contribution is -2.23. The van der Waals surface area contributed by atoms with Crippen molar-refractivity contribution in [2.24, 2.45) is 0 Å². The van der Waals surface area contributed by atoms with Crippen molar-refractivity contribution in [3.63, 3.8) is 0 Å². The van der Waals surface area contributed by atoms with Crippen molar-refractivity contribution in [3.8, 4) is 11.1 Å². The molecule has 0 heterocycles. The van der Waals surface area contributed by atoms with E-state index in [0.29, 0.717) is 0 Å². The minimum Gasteiger partial charge on any atom is -0.0654 e. The second kappa shape index (κ2) is 10.1. The summed E-state index contributed by atoms with van der Waals surface area (Å²) in [6, 6.07) is 16.9. The topological polar surface area (TPSA) is 0 Å². The minimum atomic E-state index is -0.168. The van der Waals surface area contributed by atoms with Gasteiger partial charge in [-0.05, 0) is 108 Å². The Morgan fingerprint density at radius 3 is 1.79 bits per heavy atom. The molecule has 0 fully saturated rings. The fourth-order valence-corrected chi connectivity index (χ4v) is 6.81. The van der Waals surface area contributed by atoms with Crippen LogP contribution in [0.4, 0.5) is 0 Å². The third kappa shape index (κ3) is 4.50. The molecular weight excluding hydrogens is 532 g/mol. The smallest absolute Gasteiger partial charge is 0.0436 e. The summed E-state index contributed by atoms with van der Waals surface area (Å²) in [6.45, 7) is 11.5. The van der Waals surface area contributed by atoms with Crippen LogP contribution >= 0.6 is 31.9 Å². The number of aryl methyl sites for hydroxylation is 4. The second-order valence-corrected chi connectivity index (χ2v) is 11.5. The lowest BCUT2D eigenvalue weighted by atomic mass is 9.73. The van der Waals surface area contributed by atoms with E-state index in [1.54, 1.807) is 0 Å². The van der Waals surface area contributed by atoms with E-state index in [2.05, 4.69) is 109 Å². The van der Waals surface area contributed by atoms with E-state index in [9.17, 15) is 0 Å². The van der Waals surface area contributed by atoms with E-state index in [-0.39, 0.29) is 5.41 Å². The van der Waals surface area contributed by atoms with Gasteiger partial charge in [0.05, 0.1) is 0 Å². The average molecular weight is 568 g/mol. The Kier molecular flexibility index (Phi) is 7.56. The van der Waals surface area contributed by atoms with Crippen LogP contribution in [0.15, 0.2) is 51.4 Å². The van der Waals surface area contributed by atoms with Gasteiger partial charge in [-0.25, -0.2) is 0 Å². The average Bonchev–Trinajstić information content (AvgIpc) is 3.03. The van der Waals surface area contributed by atoms with E-state index in [0.717, 1.165) is 12.8 Å². The molecule has 0 spiro atoms. The van der Waals surface area contributed by atoms with Gasteiger partial charge >= 0.3 is 0 Å². The highest BCUT2D eigenvalue weighted by Crippen LogP contribution is 2.54. The highest BCUT2D eigenvalue weighted by Gasteiger charge is 2.42. The van der Waals surface area contributed by atoms with Crippen molar-refractivity contribution in [1.29, 1.82) is 0 Å². The van der Waals surface area contributed by atoms with Gasteiger partial charge in [-0.3, -0.25) is 0 Å². The van der Waals surface area contributed by atoms with E-state index >= 15 is 0 Å². The Hall–Kier alpha value is -1.38. The number of unbranched alkanes of at least 4 members (excludes halogenated alkanes) is 3. The first-order valence-corrected chi connectivity index (χ1v) is 14.2. The van der Waals surface area contributed by atoms with Crippen LogP contribution in [-0.4, -0.2) is 0 Å². The zero-order valence-corrected chi connectivity index (χ0v) is 23.9. The monoisotopic (exact) mass is 566 g/mol. The predicted molar refractivity (Wildman–Crippen MR) is 151 cm³/mol. The molecule has 3 aromatic rings. The molecule has 0 N–H and O–H groups in total. The lowest BCUT2D eigenvalue weighted by molar-refractivity contribution is 0.663. The van der Waals surface area contributed by atoms with Crippen LogP contribution in [0.2, 0.25) is 0 Å².